The molecule has 0 saturated carbocycles. The van der Waals surface area contributed by atoms with Gasteiger partial charge in [-0.1, -0.05) is 177 Å². The molecule has 0 aliphatic carbocycles. The number of hydrogen-bond acceptors (Lipinski definition) is 3. The lowest BCUT2D eigenvalue weighted by Gasteiger charge is -2.20. The highest BCUT2D eigenvalue weighted by atomic mass is 16.3. The van der Waals surface area contributed by atoms with Crippen LogP contribution in [0.25, 0.3) is 115 Å². The molecule has 0 fully saturated rings. The van der Waals surface area contributed by atoms with Crippen LogP contribution in [-0.4, -0.2) is 20.7 Å². The van der Waals surface area contributed by atoms with E-state index in [4.69, 9.17) is 14.4 Å². The summed E-state index contributed by atoms with van der Waals surface area (Å²) in [5, 5.41) is 11.7. The monoisotopic (exact) mass is 946 g/mol. The fraction of sp³-hybridized carbons (Fsp3) is 0.0435. The van der Waals surface area contributed by atoms with Gasteiger partial charge in [0.25, 0.3) is 0 Å². The summed E-state index contributed by atoms with van der Waals surface area (Å²) in [6.45, 7) is 2.31. The minimum Gasteiger partial charge on any atom is -0.456 e. The lowest BCUT2D eigenvalue weighted by atomic mass is 9.92. The number of aliphatic imine (C=N–C) groups is 2. The molecule has 1 unspecified atom stereocenters. The normalized spacial score (nSPS) is 15.0. The van der Waals surface area contributed by atoms with Crippen LogP contribution in [0.2, 0.25) is 0 Å². The third-order valence-corrected chi connectivity index (χ3v) is 15.3. The van der Waals surface area contributed by atoms with E-state index in [1.807, 2.05) is 6.07 Å². The topological polar surface area (TPSA) is 47.7 Å². The summed E-state index contributed by atoms with van der Waals surface area (Å²) in [5.41, 5.74) is 15.5. The van der Waals surface area contributed by atoms with Crippen LogP contribution in [0.1, 0.15) is 30.0 Å². The summed E-state index contributed by atoms with van der Waals surface area (Å²) in [6.07, 6.45) is 3.07. The van der Waals surface area contributed by atoms with Crippen molar-refractivity contribution in [2.45, 2.75) is 13.3 Å². The number of fused-ring (bicyclic) bond motifs is 12. The van der Waals surface area contributed by atoms with Gasteiger partial charge in [0.2, 0.25) is 0 Å². The number of benzene rings is 11. The molecule has 3 aromatic heterocycles. The molecule has 4 heterocycles. The maximum atomic E-state index is 6.76. The molecule has 0 N–H and O–H groups in total. The zero-order valence-corrected chi connectivity index (χ0v) is 40.6. The first kappa shape index (κ1) is 42.1. The second-order valence-corrected chi connectivity index (χ2v) is 19.7. The third-order valence-electron chi connectivity index (χ3n) is 15.3. The van der Waals surface area contributed by atoms with Crippen molar-refractivity contribution in [1.29, 1.82) is 0 Å². The van der Waals surface area contributed by atoms with Gasteiger partial charge in [-0.2, -0.15) is 0 Å². The average Bonchev–Trinajstić information content (AvgIpc) is 4.11. The first-order valence-corrected chi connectivity index (χ1v) is 25.5. The zero-order chi connectivity index (χ0) is 48.9. The highest BCUT2D eigenvalue weighted by Gasteiger charge is 2.25. The molecule has 74 heavy (non-hydrogen) atoms. The van der Waals surface area contributed by atoms with E-state index in [1.54, 1.807) is 0 Å². The zero-order valence-electron chi connectivity index (χ0n) is 40.6. The van der Waals surface area contributed by atoms with Crippen molar-refractivity contribution in [3.63, 3.8) is 0 Å². The molecule has 0 bridgehead atoms. The lowest BCUT2D eigenvalue weighted by Crippen LogP contribution is -2.17. The molecule has 1 aliphatic heterocycles. The summed E-state index contributed by atoms with van der Waals surface area (Å²) in [7, 11) is 0. The first-order valence-electron chi connectivity index (χ1n) is 25.5. The maximum Gasteiger partial charge on any atom is 0.160 e. The highest BCUT2D eigenvalue weighted by Crippen LogP contribution is 2.44. The second-order valence-electron chi connectivity index (χ2n) is 19.7. The molecule has 5 heteroatoms. The highest BCUT2D eigenvalue weighted by molar-refractivity contribution is 6.24. The Balaban J connectivity index is 1.000. The van der Waals surface area contributed by atoms with E-state index < -0.39 is 0 Å². The fourth-order valence-electron chi connectivity index (χ4n) is 11.8. The summed E-state index contributed by atoms with van der Waals surface area (Å²) in [5.74, 6) is 0.685. The van der Waals surface area contributed by atoms with Gasteiger partial charge >= 0.3 is 0 Å². The maximum absolute atomic E-state index is 6.76. The van der Waals surface area contributed by atoms with E-state index >= 15 is 0 Å². The molecular weight excluding hydrogens is 901 g/mol. The molecule has 14 aromatic rings. The molecule has 0 saturated heterocycles. The molecule has 0 spiro atoms. The van der Waals surface area contributed by atoms with Crippen LogP contribution in [-0.2, 0) is 0 Å². The Morgan fingerprint density at radius 2 is 1.08 bits per heavy atom. The molecule has 0 radical (unpaired) electrons. The van der Waals surface area contributed by atoms with Gasteiger partial charge in [-0.15, -0.1) is 0 Å². The van der Waals surface area contributed by atoms with Crippen molar-refractivity contribution in [3.8, 4) is 22.5 Å². The van der Waals surface area contributed by atoms with Crippen LogP contribution in [0, 0.1) is 5.92 Å². The molecule has 5 nitrogen and oxygen atoms in total. The van der Waals surface area contributed by atoms with E-state index in [2.05, 4.69) is 253 Å². The minimum absolute atomic E-state index is 0.0284. The van der Waals surface area contributed by atoms with Crippen LogP contribution in [0.3, 0.4) is 0 Å². The lowest BCUT2D eigenvalue weighted by molar-refractivity contribution is 0.668. The molecule has 11 aromatic carbocycles. The molecule has 1 aliphatic rings. The van der Waals surface area contributed by atoms with E-state index in [-0.39, 0.29) is 5.92 Å². The van der Waals surface area contributed by atoms with Crippen LogP contribution in [0.5, 0.6) is 0 Å². The molecule has 15 rings (SSSR count). The number of amidine groups is 1. The number of aromatic nitrogens is 2. The quantitative estimate of drug-likeness (QED) is 0.164. The fourth-order valence-corrected chi connectivity index (χ4v) is 11.8. The van der Waals surface area contributed by atoms with Gasteiger partial charge in [-0.25, -0.2) is 9.98 Å². The van der Waals surface area contributed by atoms with Crippen LogP contribution in [0.4, 0.5) is 0 Å². The number of nitrogens with zero attached hydrogens (tertiary/aromatic N) is 4. The van der Waals surface area contributed by atoms with E-state index in [1.165, 1.54) is 48.6 Å². The van der Waals surface area contributed by atoms with Gasteiger partial charge < -0.3 is 13.6 Å². The van der Waals surface area contributed by atoms with Gasteiger partial charge in [0.1, 0.15) is 11.2 Å². The van der Waals surface area contributed by atoms with Crippen molar-refractivity contribution in [2.75, 3.05) is 0 Å². The Morgan fingerprint density at radius 3 is 1.93 bits per heavy atom. The number of hydrogen-bond donors (Lipinski definition) is 0. The van der Waals surface area contributed by atoms with Gasteiger partial charge in [0.05, 0.1) is 39.2 Å². The Hall–Kier alpha value is -9.58. The van der Waals surface area contributed by atoms with E-state index in [0.717, 1.165) is 89.1 Å². The Bertz CT molecular complexity index is 4700. The first-order chi connectivity index (χ1) is 36.6. The Morgan fingerprint density at radius 1 is 0.405 bits per heavy atom. The molecule has 1 atom stereocenters. The molecule has 348 valence electrons. The van der Waals surface area contributed by atoms with Gasteiger partial charge in [0, 0.05) is 61.1 Å². The number of furan rings is 1. The number of para-hydroxylation sites is 3. The van der Waals surface area contributed by atoms with Crippen molar-refractivity contribution >= 4 is 104 Å². The average molecular weight is 947 g/mol. The van der Waals surface area contributed by atoms with Gasteiger partial charge in [-0.05, 0) is 111 Å². The summed E-state index contributed by atoms with van der Waals surface area (Å²) in [6, 6.07) is 85.2. The van der Waals surface area contributed by atoms with E-state index in [0.29, 0.717) is 12.3 Å². The summed E-state index contributed by atoms with van der Waals surface area (Å²) < 4.78 is 11.6. The van der Waals surface area contributed by atoms with Crippen molar-refractivity contribution in [2.24, 2.45) is 15.9 Å². The second kappa shape index (κ2) is 16.8. The summed E-state index contributed by atoms with van der Waals surface area (Å²) >= 11 is 0. The molecule has 0 amide bonds. The van der Waals surface area contributed by atoms with Crippen molar-refractivity contribution in [1.82, 2.24) is 9.13 Å². The summed E-state index contributed by atoms with van der Waals surface area (Å²) in [4.78, 5) is 11.6. The van der Waals surface area contributed by atoms with Gasteiger partial charge in [0.15, 0.2) is 5.84 Å². The smallest absolute Gasteiger partial charge is 0.160 e. The predicted octanol–water partition coefficient (Wildman–Crippen LogP) is 18.1. The largest absolute Gasteiger partial charge is 0.456 e. The standard InChI is InChI=1S/C69H46N4O/c1-43-31-34-59(57-41-56-54-28-13-15-30-65(54)74-66(56)42-64(57)73-62-36-32-45-19-10-11-26-52(45)67(62)58-38-47-20-8-9-21-48(47)40-63(58)73)70-69(50-23-16-22-46(37-50)44-17-4-2-5-18-44)71-68(43)49-33-35-61-55(39-49)53-27-12-14-29-60(53)72(61)51-24-6-3-7-25-51/h2-30,32-43H,31H2,1H3/b59-34+,70-69?,71-68?. The number of rotatable bonds is 6. The minimum atomic E-state index is 0.0284. The van der Waals surface area contributed by atoms with Crippen molar-refractivity contribution < 1.29 is 4.42 Å². The van der Waals surface area contributed by atoms with Crippen LogP contribution < -0.4 is 0 Å². The molecular formula is C69H46N4O. The van der Waals surface area contributed by atoms with Gasteiger partial charge in [-0.3, -0.25) is 0 Å². The van der Waals surface area contributed by atoms with Crippen LogP contribution in [0.15, 0.2) is 257 Å². The van der Waals surface area contributed by atoms with E-state index in [9.17, 15) is 0 Å². The number of allylic oxidation sites excluding steroid dienone is 1. The predicted molar refractivity (Wildman–Crippen MR) is 311 cm³/mol. The third kappa shape index (κ3) is 6.70. The SMILES string of the molecule is CC1C/C=C(\c2cc3c(cc2-n2c4cc5ccccc5cc4c4c5ccccc5ccc42)oc2ccccc23)N=C(c2cccc(-c3ccccc3)c2)N=C1c1ccc2c(c1)c1ccccc1n2-c1ccccc1. The Kier molecular flexibility index (Phi) is 9.54. The van der Waals surface area contributed by atoms with Crippen molar-refractivity contribution in [3.05, 3.63) is 259 Å². The van der Waals surface area contributed by atoms with Crippen LogP contribution >= 0.6 is 0 Å². The Labute approximate surface area is 426 Å².